The number of anilines is 1. The first kappa shape index (κ1) is 13.5. The molecule has 0 aliphatic carbocycles. The summed E-state index contributed by atoms with van der Waals surface area (Å²) in [6, 6.07) is 3.77. The molecule has 1 aliphatic heterocycles. The van der Waals surface area contributed by atoms with Crippen LogP contribution in [0.1, 0.15) is 12.8 Å². The highest BCUT2D eigenvalue weighted by atomic mass is 16.4. The zero-order chi connectivity index (χ0) is 14.8. The van der Waals surface area contributed by atoms with Crippen LogP contribution in [-0.4, -0.2) is 52.2 Å². The van der Waals surface area contributed by atoms with Crippen LogP contribution in [0.3, 0.4) is 0 Å². The lowest BCUT2D eigenvalue weighted by atomic mass is 10.2. The Morgan fingerprint density at radius 1 is 1.24 bits per heavy atom. The molecule has 0 bridgehead atoms. The third kappa shape index (κ3) is 2.72. The Morgan fingerprint density at radius 3 is 2.62 bits per heavy atom. The Balaban J connectivity index is 1.85. The molecule has 0 unspecified atom stereocenters. The van der Waals surface area contributed by atoms with Gasteiger partial charge in [-0.15, -0.1) is 10.2 Å². The summed E-state index contributed by atoms with van der Waals surface area (Å²) < 4.78 is 5.51. The Hall–Kier alpha value is -2.44. The summed E-state index contributed by atoms with van der Waals surface area (Å²) >= 11 is 0. The van der Waals surface area contributed by atoms with Gasteiger partial charge in [-0.2, -0.15) is 0 Å². The number of carbonyl (C=O) groups excluding carboxylic acids is 1. The van der Waals surface area contributed by atoms with E-state index in [1.165, 1.54) is 0 Å². The van der Waals surface area contributed by atoms with Crippen molar-refractivity contribution in [3.63, 3.8) is 0 Å². The van der Waals surface area contributed by atoms with Crippen molar-refractivity contribution in [3.8, 4) is 11.5 Å². The molecular weight excluding hydrogens is 270 g/mol. The number of rotatable bonds is 2. The van der Waals surface area contributed by atoms with Crippen molar-refractivity contribution in [1.82, 2.24) is 20.1 Å². The van der Waals surface area contributed by atoms with Crippen LogP contribution in [0.2, 0.25) is 0 Å². The molecule has 2 aromatic heterocycles. The molecule has 1 aliphatic rings. The first-order valence-electron chi connectivity index (χ1n) is 6.91. The summed E-state index contributed by atoms with van der Waals surface area (Å²) in [6.07, 6.45) is 1.75. The van der Waals surface area contributed by atoms with Crippen LogP contribution in [0.4, 0.5) is 5.82 Å². The van der Waals surface area contributed by atoms with Crippen LogP contribution in [0, 0.1) is 6.92 Å². The molecule has 0 radical (unpaired) electrons. The SMILES string of the molecule is CC(=O)N1CCN(c2ncccc2-c2nnc(C)o2)CC1. The van der Waals surface area contributed by atoms with Crippen molar-refractivity contribution in [3.05, 3.63) is 24.2 Å². The summed E-state index contributed by atoms with van der Waals surface area (Å²) in [5, 5.41) is 7.94. The van der Waals surface area contributed by atoms with E-state index in [2.05, 4.69) is 20.1 Å². The van der Waals surface area contributed by atoms with Crippen LogP contribution in [0.5, 0.6) is 0 Å². The maximum absolute atomic E-state index is 11.4. The normalized spacial score (nSPS) is 15.3. The van der Waals surface area contributed by atoms with Crippen molar-refractivity contribution in [2.45, 2.75) is 13.8 Å². The number of piperazine rings is 1. The lowest BCUT2D eigenvalue weighted by molar-refractivity contribution is -0.129. The maximum atomic E-state index is 11.4. The molecule has 2 aromatic rings. The van der Waals surface area contributed by atoms with Gasteiger partial charge in [0.15, 0.2) is 0 Å². The number of hydrogen-bond acceptors (Lipinski definition) is 6. The molecule has 1 fully saturated rings. The van der Waals surface area contributed by atoms with Crippen molar-refractivity contribution in [1.29, 1.82) is 0 Å². The minimum atomic E-state index is 0.114. The zero-order valence-electron chi connectivity index (χ0n) is 12.1. The lowest BCUT2D eigenvalue weighted by Crippen LogP contribution is -2.48. The van der Waals surface area contributed by atoms with Crippen LogP contribution < -0.4 is 4.90 Å². The van der Waals surface area contributed by atoms with E-state index in [1.807, 2.05) is 17.0 Å². The quantitative estimate of drug-likeness (QED) is 0.823. The highest BCUT2D eigenvalue weighted by molar-refractivity contribution is 5.74. The lowest BCUT2D eigenvalue weighted by Gasteiger charge is -2.35. The fourth-order valence-electron chi connectivity index (χ4n) is 2.45. The number of nitrogens with zero attached hydrogens (tertiary/aromatic N) is 5. The number of carbonyl (C=O) groups is 1. The summed E-state index contributed by atoms with van der Waals surface area (Å²) in [6.45, 7) is 6.26. The fourth-order valence-corrected chi connectivity index (χ4v) is 2.45. The summed E-state index contributed by atoms with van der Waals surface area (Å²) in [5.74, 6) is 1.94. The predicted octanol–water partition coefficient (Wildman–Crippen LogP) is 1.11. The van der Waals surface area contributed by atoms with Gasteiger partial charge in [0.2, 0.25) is 11.8 Å². The van der Waals surface area contributed by atoms with E-state index in [-0.39, 0.29) is 5.91 Å². The fraction of sp³-hybridized carbons (Fsp3) is 0.429. The van der Waals surface area contributed by atoms with Gasteiger partial charge in [-0.05, 0) is 12.1 Å². The molecule has 21 heavy (non-hydrogen) atoms. The second-order valence-corrected chi connectivity index (χ2v) is 4.99. The van der Waals surface area contributed by atoms with Gasteiger partial charge in [-0.25, -0.2) is 4.98 Å². The summed E-state index contributed by atoms with van der Waals surface area (Å²) in [4.78, 5) is 19.8. The van der Waals surface area contributed by atoms with Crippen molar-refractivity contribution >= 4 is 11.7 Å². The number of aromatic nitrogens is 3. The van der Waals surface area contributed by atoms with Gasteiger partial charge < -0.3 is 14.2 Å². The topological polar surface area (TPSA) is 75.4 Å². The van der Waals surface area contributed by atoms with E-state index >= 15 is 0 Å². The van der Waals surface area contributed by atoms with E-state index in [9.17, 15) is 4.79 Å². The smallest absolute Gasteiger partial charge is 0.251 e. The average Bonchev–Trinajstić information content (AvgIpc) is 2.94. The second kappa shape index (κ2) is 5.51. The van der Waals surface area contributed by atoms with E-state index in [0.717, 1.165) is 24.5 Å². The van der Waals surface area contributed by atoms with E-state index in [1.54, 1.807) is 20.0 Å². The molecule has 1 saturated heterocycles. The molecule has 0 N–H and O–H groups in total. The summed E-state index contributed by atoms with van der Waals surface area (Å²) in [7, 11) is 0. The second-order valence-electron chi connectivity index (χ2n) is 4.99. The first-order chi connectivity index (χ1) is 10.1. The Kier molecular flexibility index (Phi) is 3.55. The molecule has 1 amide bonds. The van der Waals surface area contributed by atoms with E-state index in [0.29, 0.717) is 24.9 Å². The van der Waals surface area contributed by atoms with E-state index < -0.39 is 0 Å². The molecule has 0 saturated carbocycles. The largest absolute Gasteiger partial charge is 0.421 e. The Bertz CT molecular complexity index is 646. The van der Waals surface area contributed by atoms with E-state index in [4.69, 9.17) is 4.42 Å². The number of amides is 1. The van der Waals surface area contributed by atoms with Crippen LogP contribution >= 0.6 is 0 Å². The van der Waals surface area contributed by atoms with Crippen LogP contribution in [0.25, 0.3) is 11.5 Å². The standard InChI is InChI=1S/C14H17N5O2/c1-10-16-17-14(21-10)12-4-3-5-15-13(12)19-8-6-18(7-9-19)11(2)20/h3-5H,6-9H2,1-2H3. The van der Waals surface area contributed by atoms with Gasteiger partial charge in [0, 0.05) is 46.2 Å². The minimum absolute atomic E-state index is 0.114. The van der Waals surface area contributed by atoms with Gasteiger partial charge in [-0.1, -0.05) is 0 Å². The van der Waals surface area contributed by atoms with Crippen LogP contribution in [0.15, 0.2) is 22.7 Å². The monoisotopic (exact) mass is 287 g/mol. The summed E-state index contributed by atoms with van der Waals surface area (Å²) in [5.41, 5.74) is 0.828. The molecule has 3 rings (SSSR count). The average molecular weight is 287 g/mol. The van der Waals surface area contributed by atoms with Gasteiger partial charge >= 0.3 is 0 Å². The van der Waals surface area contributed by atoms with Crippen molar-refractivity contribution in [2.24, 2.45) is 0 Å². The molecule has 110 valence electrons. The van der Waals surface area contributed by atoms with Gasteiger partial charge in [0.1, 0.15) is 5.82 Å². The minimum Gasteiger partial charge on any atom is -0.421 e. The Labute approximate surface area is 122 Å². The van der Waals surface area contributed by atoms with Gasteiger partial charge in [0.25, 0.3) is 5.89 Å². The maximum Gasteiger partial charge on any atom is 0.251 e. The molecule has 0 aromatic carbocycles. The number of hydrogen-bond donors (Lipinski definition) is 0. The van der Waals surface area contributed by atoms with Crippen molar-refractivity contribution in [2.75, 3.05) is 31.1 Å². The molecule has 0 atom stereocenters. The Morgan fingerprint density at radius 2 is 2.00 bits per heavy atom. The molecular formula is C14H17N5O2. The number of aryl methyl sites for hydroxylation is 1. The van der Waals surface area contributed by atoms with Crippen molar-refractivity contribution < 1.29 is 9.21 Å². The molecule has 7 nitrogen and oxygen atoms in total. The third-order valence-electron chi connectivity index (χ3n) is 3.57. The zero-order valence-corrected chi connectivity index (χ0v) is 12.1. The predicted molar refractivity (Wildman–Crippen MR) is 76.7 cm³/mol. The number of pyridine rings is 1. The molecule has 7 heteroatoms. The first-order valence-corrected chi connectivity index (χ1v) is 6.91. The molecule has 0 spiro atoms. The van der Waals surface area contributed by atoms with Gasteiger partial charge in [0.05, 0.1) is 5.56 Å². The highest BCUT2D eigenvalue weighted by Crippen LogP contribution is 2.28. The third-order valence-corrected chi connectivity index (χ3v) is 3.57. The van der Waals surface area contributed by atoms with Gasteiger partial charge in [-0.3, -0.25) is 4.79 Å². The molecule has 3 heterocycles. The highest BCUT2D eigenvalue weighted by Gasteiger charge is 2.23. The van der Waals surface area contributed by atoms with Crippen LogP contribution in [-0.2, 0) is 4.79 Å².